The van der Waals surface area contributed by atoms with E-state index in [9.17, 15) is 8.78 Å². The molecule has 0 aliphatic heterocycles. The normalized spacial score (nSPS) is 11.2. The summed E-state index contributed by atoms with van der Waals surface area (Å²) in [6.07, 6.45) is 3.68. The minimum Gasteiger partial charge on any atom is -0.216 e. The summed E-state index contributed by atoms with van der Waals surface area (Å²) in [5, 5.41) is 0. The van der Waals surface area contributed by atoms with Gasteiger partial charge < -0.3 is 0 Å². The molecule has 0 fully saturated rings. The molecule has 0 atom stereocenters. The molecule has 0 aromatic heterocycles. The lowest BCUT2D eigenvalue weighted by molar-refractivity contribution is 0.671. The highest BCUT2D eigenvalue weighted by molar-refractivity contribution is 5.12. The van der Waals surface area contributed by atoms with Gasteiger partial charge in [-0.25, -0.2) is 8.78 Å². The molecule has 0 nitrogen and oxygen atoms in total. The van der Waals surface area contributed by atoms with Gasteiger partial charge >= 0.3 is 0 Å². The summed E-state index contributed by atoms with van der Waals surface area (Å²) in [5.41, 5.74) is 0. The van der Waals surface area contributed by atoms with Gasteiger partial charge in [0.15, 0.2) is 0 Å². The molecule has 0 bridgehead atoms. The van der Waals surface area contributed by atoms with E-state index in [4.69, 9.17) is 0 Å². The fourth-order valence-electron chi connectivity index (χ4n) is 0.202. The molecule has 2 heteroatoms. The average Bonchev–Trinajstić information content (AvgIpc) is 1.66. The monoisotopic (exact) mass is 116 g/mol. The van der Waals surface area contributed by atoms with Gasteiger partial charge in [-0.2, -0.15) is 0 Å². The van der Waals surface area contributed by atoms with E-state index in [-0.39, 0.29) is 0 Å². The predicted molar refractivity (Wildman–Crippen MR) is 29.6 cm³/mol. The van der Waals surface area contributed by atoms with Crippen molar-refractivity contribution in [2.45, 2.75) is 0 Å². The molecule has 0 rings (SSSR count). The zero-order valence-electron chi connectivity index (χ0n) is 4.27. The van der Waals surface area contributed by atoms with Gasteiger partial charge in [-0.05, 0) is 12.2 Å². The molecule has 0 heterocycles. The molecular formula is C6H6F2. The molecule has 0 N–H and O–H groups in total. The summed E-state index contributed by atoms with van der Waals surface area (Å²) in [4.78, 5) is 0. The molecule has 0 saturated heterocycles. The van der Waals surface area contributed by atoms with E-state index in [0.717, 1.165) is 12.2 Å². The number of allylic oxidation sites excluding steroid dienone is 4. The van der Waals surface area contributed by atoms with Crippen LogP contribution in [0.4, 0.5) is 8.78 Å². The van der Waals surface area contributed by atoms with E-state index in [1.54, 1.807) is 0 Å². The molecule has 0 unspecified atom stereocenters. The van der Waals surface area contributed by atoms with Gasteiger partial charge in [-0.1, -0.05) is 12.7 Å². The number of hydrogen-bond acceptors (Lipinski definition) is 0. The molecule has 44 valence electrons. The first kappa shape index (κ1) is 7.08. The fraction of sp³-hybridized carbons (Fsp3) is 0. The Bertz CT molecular complexity index is 122. The Morgan fingerprint density at radius 1 is 1.38 bits per heavy atom. The zero-order chi connectivity index (χ0) is 6.41. The van der Waals surface area contributed by atoms with E-state index in [0.29, 0.717) is 6.33 Å². The van der Waals surface area contributed by atoms with Crippen LogP contribution in [0.15, 0.2) is 37.0 Å². The maximum Gasteiger partial charge on any atom is 0.116 e. The van der Waals surface area contributed by atoms with Crippen molar-refractivity contribution in [2.24, 2.45) is 0 Å². The first-order valence-corrected chi connectivity index (χ1v) is 2.05. The Kier molecular flexibility index (Phi) is 3.76. The van der Waals surface area contributed by atoms with Gasteiger partial charge in [0.05, 0.1) is 6.33 Å². The first-order chi connectivity index (χ1) is 3.77. The minimum absolute atomic E-state index is 0.319. The van der Waals surface area contributed by atoms with Crippen LogP contribution in [0, 0.1) is 0 Å². The van der Waals surface area contributed by atoms with E-state index < -0.39 is 5.83 Å². The van der Waals surface area contributed by atoms with Crippen molar-refractivity contribution in [3.63, 3.8) is 0 Å². The Labute approximate surface area is 46.8 Å². The highest BCUT2D eigenvalue weighted by Crippen LogP contribution is 1.92. The smallest absolute Gasteiger partial charge is 0.116 e. The summed E-state index contributed by atoms with van der Waals surface area (Å²) >= 11 is 0. The molecule has 0 aliphatic rings. The summed E-state index contributed by atoms with van der Waals surface area (Å²) in [6.45, 7) is 2.92. The van der Waals surface area contributed by atoms with Crippen LogP contribution in [-0.2, 0) is 0 Å². The van der Waals surface area contributed by atoms with Crippen LogP contribution in [0.25, 0.3) is 0 Å². The quantitative estimate of drug-likeness (QED) is 0.486. The van der Waals surface area contributed by atoms with Crippen molar-refractivity contribution in [2.75, 3.05) is 0 Å². The van der Waals surface area contributed by atoms with Gasteiger partial charge in [0.2, 0.25) is 0 Å². The Morgan fingerprint density at radius 2 is 2.00 bits per heavy atom. The van der Waals surface area contributed by atoms with Crippen molar-refractivity contribution >= 4 is 0 Å². The maximum absolute atomic E-state index is 11.6. The molecule has 0 radical (unpaired) electrons. The highest BCUT2D eigenvalue weighted by Gasteiger charge is 1.72. The third kappa shape index (κ3) is 5.08. The number of rotatable bonds is 2. The van der Waals surface area contributed by atoms with E-state index in [1.165, 1.54) is 6.08 Å². The molecule has 0 aliphatic carbocycles. The lowest BCUT2D eigenvalue weighted by Crippen LogP contribution is -1.53. The first-order valence-electron chi connectivity index (χ1n) is 2.05. The van der Waals surface area contributed by atoms with Gasteiger partial charge in [0.25, 0.3) is 0 Å². The second-order valence-corrected chi connectivity index (χ2v) is 1.12. The van der Waals surface area contributed by atoms with Crippen LogP contribution in [0.3, 0.4) is 0 Å². The topological polar surface area (TPSA) is 0 Å². The fourth-order valence-corrected chi connectivity index (χ4v) is 0.202. The van der Waals surface area contributed by atoms with E-state index in [2.05, 4.69) is 6.58 Å². The predicted octanol–water partition coefficient (Wildman–Crippen LogP) is 2.51. The lowest BCUT2D eigenvalue weighted by Gasteiger charge is -1.73. The molecule has 0 aromatic rings. The Balaban J connectivity index is 3.50. The number of hydrogen-bond donors (Lipinski definition) is 0. The van der Waals surface area contributed by atoms with E-state index >= 15 is 0 Å². The molecule has 0 spiro atoms. The Morgan fingerprint density at radius 3 is 2.38 bits per heavy atom. The third-order valence-electron chi connectivity index (χ3n) is 0.461. The van der Waals surface area contributed by atoms with Crippen LogP contribution in [-0.4, -0.2) is 0 Å². The number of halogens is 2. The average molecular weight is 116 g/mol. The Hall–Kier alpha value is -0.920. The molecule has 8 heavy (non-hydrogen) atoms. The van der Waals surface area contributed by atoms with Gasteiger partial charge in [-0.15, -0.1) is 0 Å². The van der Waals surface area contributed by atoms with Crippen LogP contribution in [0.1, 0.15) is 0 Å². The van der Waals surface area contributed by atoms with E-state index in [1.807, 2.05) is 0 Å². The van der Waals surface area contributed by atoms with Crippen molar-refractivity contribution in [1.82, 2.24) is 0 Å². The largest absolute Gasteiger partial charge is 0.216 e. The molecular weight excluding hydrogens is 110 g/mol. The van der Waals surface area contributed by atoms with Crippen molar-refractivity contribution in [3.8, 4) is 0 Å². The van der Waals surface area contributed by atoms with Gasteiger partial charge in [-0.3, -0.25) is 0 Å². The van der Waals surface area contributed by atoms with Crippen molar-refractivity contribution in [1.29, 1.82) is 0 Å². The van der Waals surface area contributed by atoms with Crippen LogP contribution < -0.4 is 0 Å². The molecule has 0 aromatic carbocycles. The SMILES string of the molecule is C=C(F)/C=C\C=C\F. The highest BCUT2D eigenvalue weighted by atomic mass is 19.1. The minimum atomic E-state index is -0.580. The summed E-state index contributed by atoms with van der Waals surface area (Å²) < 4.78 is 22.6. The second kappa shape index (κ2) is 4.24. The van der Waals surface area contributed by atoms with Crippen LogP contribution >= 0.6 is 0 Å². The third-order valence-corrected chi connectivity index (χ3v) is 0.461. The van der Waals surface area contributed by atoms with Crippen molar-refractivity contribution in [3.05, 3.63) is 37.0 Å². The van der Waals surface area contributed by atoms with Gasteiger partial charge in [0.1, 0.15) is 5.83 Å². The zero-order valence-corrected chi connectivity index (χ0v) is 4.27. The lowest BCUT2D eigenvalue weighted by atomic mass is 10.4. The second-order valence-electron chi connectivity index (χ2n) is 1.12. The standard InChI is InChI=1S/C6H6F2/c1-6(8)4-2-3-5-7/h2-5H,1H2/b4-2-,5-3+. The molecule has 0 amide bonds. The summed E-state index contributed by atoms with van der Waals surface area (Å²) in [5.74, 6) is -0.580. The summed E-state index contributed by atoms with van der Waals surface area (Å²) in [7, 11) is 0. The molecule has 0 saturated carbocycles. The van der Waals surface area contributed by atoms with Gasteiger partial charge in [0, 0.05) is 0 Å². The maximum atomic E-state index is 11.6. The summed E-state index contributed by atoms with van der Waals surface area (Å²) in [6, 6.07) is 0. The van der Waals surface area contributed by atoms with Crippen LogP contribution in [0.5, 0.6) is 0 Å². The van der Waals surface area contributed by atoms with Crippen LogP contribution in [0.2, 0.25) is 0 Å². The van der Waals surface area contributed by atoms with Crippen molar-refractivity contribution < 1.29 is 8.78 Å².